The topological polar surface area (TPSA) is 51.2 Å². The van der Waals surface area contributed by atoms with Gasteiger partial charge in [-0.05, 0) is 26.0 Å². The van der Waals surface area contributed by atoms with E-state index in [1.807, 2.05) is 13.8 Å². The van der Waals surface area contributed by atoms with Crippen LogP contribution in [0.2, 0.25) is 5.02 Å². The number of carbonyl (C=O) groups is 1. The van der Waals surface area contributed by atoms with Crippen LogP contribution in [0.5, 0.6) is 0 Å². The van der Waals surface area contributed by atoms with Gasteiger partial charge in [0.2, 0.25) is 0 Å². The number of aromatic nitrogens is 1. The Balaban J connectivity index is 2.72. The first-order valence-corrected chi connectivity index (χ1v) is 5.25. The minimum atomic E-state index is -0.435. The maximum Gasteiger partial charge on any atom is 0.270 e. The van der Waals surface area contributed by atoms with Gasteiger partial charge in [0.05, 0.1) is 12.1 Å². The molecule has 1 aromatic rings. The number of carbonyl (C=O) groups excluding carboxylic acids is 1. The van der Waals surface area contributed by atoms with Gasteiger partial charge in [-0.1, -0.05) is 11.6 Å². The normalized spacial score (nSPS) is 11.2. The van der Waals surface area contributed by atoms with E-state index in [1.165, 1.54) is 12.3 Å². The van der Waals surface area contributed by atoms with Crippen molar-refractivity contribution in [1.29, 1.82) is 0 Å². The molecule has 1 rings (SSSR count). The highest BCUT2D eigenvalue weighted by Gasteiger charge is 2.21. The van der Waals surface area contributed by atoms with Gasteiger partial charge in [-0.15, -0.1) is 0 Å². The van der Waals surface area contributed by atoms with E-state index in [0.717, 1.165) is 0 Å². The van der Waals surface area contributed by atoms with Crippen LogP contribution >= 0.6 is 11.6 Å². The summed E-state index contributed by atoms with van der Waals surface area (Å²) in [5.41, 5.74) is -0.132. The summed E-state index contributed by atoms with van der Waals surface area (Å²) in [6.45, 7) is 4.18. The Morgan fingerprint density at radius 3 is 2.88 bits per heavy atom. The molecule has 0 aliphatic carbocycles. The second-order valence-corrected chi connectivity index (χ2v) is 4.57. The van der Waals surface area contributed by atoms with Crippen LogP contribution in [-0.2, 0) is 4.74 Å². The lowest BCUT2D eigenvalue weighted by molar-refractivity contribution is 0.0815. The van der Waals surface area contributed by atoms with E-state index in [-0.39, 0.29) is 5.91 Å². The highest BCUT2D eigenvalue weighted by Crippen LogP contribution is 2.09. The molecule has 0 fully saturated rings. The van der Waals surface area contributed by atoms with E-state index in [4.69, 9.17) is 16.3 Å². The fourth-order valence-corrected chi connectivity index (χ4v) is 1.46. The van der Waals surface area contributed by atoms with Crippen molar-refractivity contribution in [2.75, 3.05) is 13.7 Å². The molecule has 0 saturated heterocycles. The largest absolute Gasteiger partial charge is 0.382 e. The molecule has 5 heteroatoms. The molecule has 1 amide bonds. The Hall–Kier alpha value is -1.13. The summed E-state index contributed by atoms with van der Waals surface area (Å²) in [6, 6.07) is 3.15. The lowest BCUT2D eigenvalue weighted by atomic mass is 10.1. The number of pyridine rings is 1. The summed E-state index contributed by atoms with van der Waals surface area (Å²) in [6.07, 6.45) is 1.50. The molecular weight excluding hydrogens is 228 g/mol. The Labute approximate surface area is 100.0 Å². The van der Waals surface area contributed by atoms with Gasteiger partial charge in [-0.2, -0.15) is 0 Å². The van der Waals surface area contributed by atoms with Crippen LogP contribution in [0.3, 0.4) is 0 Å². The summed E-state index contributed by atoms with van der Waals surface area (Å²) in [5.74, 6) is -0.260. The first kappa shape index (κ1) is 12.9. The van der Waals surface area contributed by atoms with Crippen molar-refractivity contribution in [3.05, 3.63) is 29.0 Å². The second kappa shape index (κ2) is 5.27. The average molecular weight is 243 g/mol. The Morgan fingerprint density at radius 1 is 1.62 bits per heavy atom. The van der Waals surface area contributed by atoms with Crippen molar-refractivity contribution in [2.45, 2.75) is 19.4 Å². The highest BCUT2D eigenvalue weighted by molar-refractivity contribution is 6.30. The van der Waals surface area contributed by atoms with Crippen LogP contribution < -0.4 is 5.32 Å². The van der Waals surface area contributed by atoms with Gasteiger partial charge in [-0.3, -0.25) is 9.78 Å². The summed E-state index contributed by atoms with van der Waals surface area (Å²) in [7, 11) is 1.59. The van der Waals surface area contributed by atoms with E-state index in [1.54, 1.807) is 13.2 Å². The number of halogens is 1. The number of hydrogen-bond acceptors (Lipinski definition) is 3. The predicted molar refractivity (Wildman–Crippen MR) is 62.7 cm³/mol. The first-order valence-electron chi connectivity index (χ1n) is 4.87. The molecule has 1 N–H and O–H groups in total. The number of hydrogen-bond donors (Lipinski definition) is 1. The quantitative estimate of drug-likeness (QED) is 0.877. The Kier molecular flexibility index (Phi) is 4.26. The van der Waals surface area contributed by atoms with Crippen molar-refractivity contribution in [3.8, 4) is 0 Å². The zero-order chi connectivity index (χ0) is 12.2. The van der Waals surface area contributed by atoms with Crippen molar-refractivity contribution in [1.82, 2.24) is 10.3 Å². The van der Waals surface area contributed by atoms with Crippen LogP contribution in [0.15, 0.2) is 18.3 Å². The maximum atomic E-state index is 11.8. The molecule has 0 spiro atoms. The molecule has 88 valence electrons. The van der Waals surface area contributed by atoms with E-state index >= 15 is 0 Å². The van der Waals surface area contributed by atoms with Crippen molar-refractivity contribution in [2.24, 2.45) is 0 Å². The SMILES string of the molecule is COCC(C)(C)NC(=O)c1cc(Cl)ccn1. The number of amides is 1. The van der Waals surface area contributed by atoms with E-state index < -0.39 is 5.54 Å². The van der Waals surface area contributed by atoms with Crippen molar-refractivity contribution in [3.63, 3.8) is 0 Å². The molecule has 0 aliphatic heterocycles. The van der Waals surface area contributed by atoms with E-state index in [9.17, 15) is 4.79 Å². The van der Waals surface area contributed by atoms with Crippen molar-refractivity contribution < 1.29 is 9.53 Å². The molecular formula is C11H15ClN2O2. The molecule has 0 bridgehead atoms. The molecule has 0 aromatic carbocycles. The standard InChI is InChI=1S/C11H15ClN2O2/c1-11(2,7-16-3)14-10(15)9-6-8(12)4-5-13-9/h4-6H,7H2,1-3H3,(H,14,15). The Morgan fingerprint density at radius 2 is 2.31 bits per heavy atom. The van der Waals surface area contributed by atoms with Gasteiger partial charge < -0.3 is 10.1 Å². The summed E-state index contributed by atoms with van der Waals surface area (Å²) >= 11 is 5.78. The number of rotatable bonds is 4. The lowest BCUT2D eigenvalue weighted by Crippen LogP contribution is -2.47. The third-order valence-corrected chi connectivity index (χ3v) is 2.15. The molecule has 1 aromatic heterocycles. The summed E-state index contributed by atoms with van der Waals surface area (Å²) in [4.78, 5) is 15.7. The van der Waals surface area contributed by atoms with Gasteiger partial charge in [0.1, 0.15) is 5.69 Å². The third kappa shape index (κ3) is 3.79. The minimum absolute atomic E-state index is 0.260. The first-order chi connectivity index (χ1) is 7.44. The van der Waals surface area contributed by atoms with Crippen molar-refractivity contribution >= 4 is 17.5 Å². The van der Waals surface area contributed by atoms with Crippen LogP contribution in [0, 0.1) is 0 Å². The Bertz CT molecular complexity index is 380. The van der Waals surface area contributed by atoms with Gasteiger partial charge in [-0.25, -0.2) is 0 Å². The molecule has 0 unspecified atom stereocenters. The van der Waals surface area contributed by atoms with E-state index in [2.05, 4.69) is 10.3 Å². The molecule has 0 saturated carbocycles. The molecule has 4 nitrogen and oxygen atoms in total. The van der Waals surface area contributed by atoms with Crippen LogP contribution in [-0.4, -0.2) is 30.1 Å². The van der Waals surface area contributed by atoms with E-state index in [0.29, 0.717) is 17.3 Å². The highest BCUT2D eigenvalue weighted by atomic mass is 35.5. The fraction of sp³-hybridized carbons (Fsp3) is 0.455. The van der Waals surface area contributed by atoms with Crippen LogP contribution in [0.1, 0.15) is 24.3 Å². The molecule has 0 radical (unpaired) electrons. The second-order valence-electron chi connectivity index (χ2n) is 4.13. The molecule has 0 atom stereocenters. The molecule has 1 heterocycles. The monoisotopic (exact) mass is 242 g/mol. The zero-order valence-corrected chi connectivity index (χ0v) is 10.3. The van der Waals surface area contributed by atoms with Gasteiger partial charge in [0.15, 0.2) is 0 Å². The number of ether oxygens (including phenoxy) is 1. The van der Waals surface area contributed by atoms with Gasteiger partial charge in [0.25, 0.3) is 5.91 Å². The molecule has 0 aliphatic rings. The summed E-state index contributed by atoms with van der Waals surface area (Å²) < 4.78 is 5.01. The minimum Gasteiger partial charge on any atom is -0.382 e. The number of nitrogens with one attached hydrogen (secondary N) is 1. The fourth-order valence-electron chi connectivity index (χ4n) is 1.30. The predicted octanol–water partition coefficient (Wildman–Crippen LogP) is 1.89. The number of methoxy groups -OCH3 is 1. The lowest BCUT2D eigenvalue weighted by Gasteiger charge is -2.24. The smallest absolute Gasteiger partial charge is 0.270 e. The number of nitrogens with zero attached hydrogens (tertiary/aromatic N) is 1. The summed E-state index contributed by atoms with van der Waals surface area (Å²) in [5, 5.41) is 3.31. The van der Waals surface area contributed by atoms with Gasteiger partial charge >= 0.3 is 0 Å². The average Bonchev–Trinajstić information content (AvgIpc) is 2.16. The van der Waals surface area contributed by atoms with Crippen LogP contribution in [0.4, 0.5) is 0 Å². The van der Waals surface area contributed by atoms with Crippen LogP contribution in [0.25, 0.3) is 0 Å². The third-order valence-electron chi connectivity index (χ3n) is 1.91. The van der Waals surface area contributed by atoms with Gasteiger partial charge in [0, 0.05) is 18.3 Å². The molecule has 16 heavy (non-hydrogen) atoms. The maximum absolute atomic E-state index is 11.8. The zero-order valence-electron chi connectivity index (χ0n) is 9.58.